The Hall–Kier alpha value is -3.26. The van der Waals surface area contributed by atoms with Crippen LogP contribution in [0.25, 0.3) is 0 Å². The first-order chi connectivity index (χ1) is 11.2. The molecule has 0 aliphatic carbocycles. The fraction of sp³-hybridized carbons (Fsp3) is 0.111. The van der Waals surface area contributed by atoms with E-state index in [0.717, 1.165) is 16.8 Å². The third kappa shape index (κ3) is 1.89. The zero-order valence-electron chi connectivity index (χ0n) is 12.1. The van der Waals surface area contributed by atoms with E-state index in [-0.39, 0.29) is 11.8 Å². The lowest BCUT2D eigenvalue weighted by atomic mass is 9.76. The van der Waals surface area contributed by atoms with Crippen molar-refractivity contribution in [2.75, 3.05) is 5.32 Å². The number of allylic oxidation sites excluding steroid dienone is 1. The lowest BCUT2D eigenvalue weighted by molar-refractivity contribution is -0.117. The van der Waals surface area contributed by atoms with Crippen molar-refractivity contribution in [3.05, 3.63) is 71.1 Å². The Morgan fingerprint density at radius 2 is 1.74 bits per heavy atom. The van der Waals surface area contributed by atoms with E-state index >= 15 is 0 Å². The average Bonchev–Trinajstić information content (AvgIpc) is 2.89. The van der Waals surface area contributed by atoms with Gasteiger partial charge in [-0.15, -0.1) is 0 Å². The van der Waals surface area contributed by atoms with Crippen LogP contribution in [-0.4, -0.2) is 5.91 Å². The van der Waals surface area contributed by atoms with E-state index < -0.39 is 11.8 Å². The van der Waals surface area contributed by atoms with Gasteiger partial charge in [0.15, 0.2) is 0 Å². The highest BCUT2D eigenvalue weighted by atomic mass is 16.5. The van der Waals surface area contributed by atoms with Gasteiger partial charge in [-0.1, -0.05) is 36.4 Å². The summed E-state index contributed by atoms with van der Waals surface area (Å²) >= 11 is 0. The number of nitrogens with two attached hydrogens (primary N) is 1. The standard InChI is InChI=1S/C18H13N3O2/c19-9-12-15(11-6-2-4-8-14(11)23-17(12)20)16-10-5-1-3-7-13(10)21-18(16)22/h1-8,15-16H,20H2,(H,21,22). The van der Waals surface area contributed by atoms with Crippen molar-refractivity contribution in [1.82, 2.24) is 0 Å². The van der Waals surface area contributed by atoms with Crippen molar-refractivity contribution in [3.8, 4) is 11.8 Å². The number of hydrogen-bond acceptors (Lipinski definition) is 4. The molecule has 5 heteroatoms. The first-order valence-corrected chi connectivity index (χ1v) is 7.27. The topological polar surface area (TPSA) is 88.1 Å². The Labute approximate surface area is 133 Å². The molecule has 2 atom stereocenters. The molecule has 0 aromatic heterocycles. The third-order valence-electron chi connectivity index (χ3n) is 4.34. The summed E-state index contributed by atoms with van der Waals surface area (Å²) in [4.78, 5) is 12.6. The number of carbonyl (C=O) groups excluding carboxylic acids is 1. The Bertz CT molecular complexity index is 895. The number of nitriles is 1. The molecular weight excluding hydrogens is 290 g/mol. The van der Waals surface area contributed by atoms with Gasteiger partial charge in [-0.3, -0.25) is 4.79 Å². The van der Waals surface area contributed by atoms with Crippen LogP contribution in [0.2, 0.25) is 0 Å². The van der Waals surface area contributed by atoms with E-state index in [9.17, 15) is 10.1 Å². The van der Waals surface area contributed by atoms with Crippen molar-refractivity contribution in [1.29, 1.82) is 5.26 Å². The summed E-state index contributed by atoms with van der Waals surface area (Å²) in [5.74, 6) is -0.425. The smallest absolute Gasteiger partial charge is 0.233 e. The van der Waals surface area contributed by atoms with Crippen LogP contribution in [0.3, 0.4) is 0 Å². The number of benzene rings is 2. The second-order valence-electron chi connectivity index (χ2n) is 5.56. The molecule has 2 aromatic carbocycles. The number of amides is 1. The molecule has 0 spiro atoms. The number of carbonyl (C=O) groups is 1. The Morgan fingerprint density at radius 1 is 1.04 bits per heavy atom. The van der Waals surface area contributed by atoms with E-state index in [4.69, 9.17) is 10.5 Å². The highest BCUT2D eigenvalue weighted by Crippen LogP contribution is 2.49. The first-order valence-electron chi connectivity index (χ1n) is 7.27. The zero-order valence-corrected chi connectivity index (χ0v) is 12.1. The van der Waals surface area contributed by atoms with Crippen LogP contribution < -0.4 is 15.8 Å². The molecule has 0 fully saturated rings. The average molecular weight is 303 g/mol. The third-order valence-corrected chi connectivity index (χ3v) is 4.34. The number of hydrogen-bond donors (Lipinski definition) is 2. The number of nitrogens with zero attached hydrogens (tertiary/aromatic N) is 1. The first kappa shape index (κ1) is 13.4. The number of fused-ring (bicyclic) bond motifs is 2. The molecule has 1 amide bonds. The fourth-order valence-corrected chi connectivity index (χ4v) is 3.35. The molecule has 0 bridgehead atoms. The van der Waals surface area contributed by atoms with E-state index in [2.05, 4.69) is 11.4 Å². The Kier molecular flexibility index (Phi) is 2.85. The largest absolute Gasteiger partial charge is 0.440 e. The molecule has 4 rings (SSSR count). The van der Waals surface area contributed by atoms with Gasteiger partial charge in [0.1, 0.15) is 11.8 Å². The molecule has 2 aliphatic heterocycles. The highest BCUT2D eigenvalue weighted by Gasteiger charge is 2.43. The van der Waals surface area contributed by atoms with E-state index in [1.807, 2.05) is 42.5 Å². The minimum absolute atomic E-state index is 0.0633. The number of ether oxygens (including phenoxy) is 1. The van der Waals surface area contributed by atoms with Crippen LogP contribution in [0.1, 0.15) is 23.0 Å². The molecule has 0 saturated carbocycles. The van der Waals surface area contributed by atoms with E-state index in [1.54, 1.807) is 6.07 Å². The van der Waals surface area contributed by atoms with Crippen molar-refractivity contribution in [2.24, 2.45) is 5.73 Å². The zero-order chi connectivity index (χ0) is 16.0. The maximum absolute atomic E-state index is 12.6. The summed E-state index contributed by atoms with van der Waals surface area (Å²) in [5.41, 5.74) is 8.68. The minimum Gasteiger partial charge on any atom is -0.440 e. The summed E-state index contributed by atoms with van der Waals surface area (Å²) < 4.78 is 5.55. The molecule has 2 aliphatic rings. The van der Waals surface area contributed by atoms with Crippen LogP contribution >= 0.6 is 0 Å². The van der Waals surface area contributed by atoms with Crippen molar-refractivity contribution in [3.63, 3.8) is 0 Å². The minimum atomic E-state index is -0.496. The number of nitrogens with one attached hydrogen (secondary N) is 1. The molecule has 0 radical (unpaired) electrons. The summed E-state index contributed by atoms with van der Waals surface area (Å²) in [7, 11) is 0. The van der Waals surface area contributed by atoms with Gasteiger partial charge in [0, 0.05) is 17.2 Å². The van der Waals surface area contributed by atoms with E-state index in [1.165, 1.54) is 0 Å². The van der Waals surface area contributed by atoms with Gasteiger partial charge in [0.2, 0.25) is 11.8 Å². The molecular formula is C18H13N3O2. The molecule has 112 valence electrons. The van der Waals surface area contributed by atoms with Crippen molar-refractivity contribution in [2.45, 2.75) is 11.8 Å². The van der Waals surface area contributed by atoms with Crippen LogP contribution in [0.15, 0.2) is 60.0 Å². The predicted molar refractivity (Wildman–Crippen MR) is 84.5 cm³/mol. The Morgan fingerprint density at radius 3 is 2.52 bits per heavy atom. The van der Waals surface area contributed by atoms with Gasteiger partial charge in [0.25, 0.3) is 0 Å². The molecule has 2 aromatic rings. The van der Waals surface area contributed by atoms with Gasteiger partial charge >= 0.3 is 0 Å². The number of rotatable bonds is 1. The molecule has 5 nitrogen and oxygen atoms in total. The van der Waals surface area contributed by atoms with Gasteiger partial charge in [-0.2, -0.15) is 5.26 Å². The lowest BCUT2D eigenvalue weighted by Gasteiger charge is -2.29. The van der Waals surface area contributed by atoms with Crippen LogP contribution in [0, 0.1) is 11.3 Å². The molecule has 2 heterocycles. The summed E-state index contributed by atoms with van der Waals surface area (Å²) in [6, 6.07) is 17.0. The predicted octanol–water partition coefficient (Wildman–Crippen LogP) is 2.59. The van der Waals surface area contributed by atoms with Gasteiger partial charge in [-0.05, 0) is 17.7 Å². The number of para-hydroxylation sites is 2. The second-order valence-corrected chi connectivity index (χ2v) is 5.56. The molecule has 3 N–H and O–H groups in total. The molecule has 2 unspecified atom stereocenters. The lowest BCUT2D eigenvalue weighted by Crippen LogP contribution is -2.27. The normalized spacial score (nSPS) is 21.8. The second kappa shape index (κ2) is 4.89. The SMILES string of the molecule is N#CC1=C(N)Oc2ccccc2C1C1C(=O)Nc2ccccc21. The van der Waals surface area contributed by atoms with Crippen LogP contribution in [-0.2, 0) is 4.79 Å². The molecule has 23 heavy (non-hydrogen) atoms. The maximum atomic E-state index is 12.6. The molecule has 0 saturated heterocycles. The maximum Gasteiger partial charge on any atom is 0.233 e. The summed E-state index contributed by atoms with van der Waals surface area (Å²) in [5, 5.41) is 12.4. The van der Waals surface area contributed by atoms with Gasteiger partial charge in [0.05, 0.1) is 11.5 Å². The quantitative estimate of drug-likeness (QED) is 0.847. The van der Waals surface area contributed by atoms with E-state index in [0.29, 0.717) is 11.3 Å². The highest BCUT2D eigenvalue weighted by molar-refractivity contribution is 6.04. The van der Waals surface area contributed by atoms with Crippen LogP contribution in [0.4, 0.5) is 5.69 Å². The Balaban J connectivity index is 1.94. The fourth-order valence-electron chi connectivity index (χ4n) is 3.35. The van der Waals surface area contributed by atoms with Crippen molar-refractivity contribution < 1.29 is 9.53 Å². The van der Waals surface area contributed by atoms with Crippen LogP contribution in [0.5, 0.6) is 5.75 Å². The number of anilines is 1. The van der Waals surface area contributed by atoms with Gasteiger partial charge < -0.3 is 15.8 Å². The summed E-state index contributed by atoms with van der Waals surface area (Å²) in [6.07, 6.45) is 0. The van der Waals surface area contributed by atoms with Crippen molar-refractivity contribution >= 4 is 11.6 Å². The monoisotopic (exact) mass is 303 g/mol. The summed E-state index contributed by atoms with van der Waals surface area (Å²) in [6.45, 7) is 0. The van der Waals surface area contributed by atoms with Gasteiger partial charge in [-0.25, -0.2) is 0 Å².